The van der Waals surface area contributed by atoms with Crippen molar-refractivity contribution in [2.45, 2.75) is 51.5 Å². The number of hydrogen-bond acceptors (Lipinski definition) is 4. The van der Waals surface area contributed by atoms with E-state index in [9.17, 15) is 27.6 Å². The molecule has 0 aliphatic heterocycles. The lowest BCUT2D eigenvalue weighted by atomic mass is 9.96. The first-order valence-electron chi connectivity index (χ1n) is 8.34. The topological polar surface area (TPSA) is 70.7 Å². The second-order valence-electron chi connectivity index (χ2n) is 6.23. The van der Waals surface area contributed by atoms with E-state index in [4.69, 9.17) is 0 Å². The van der Waals surface area contributed by atoms with Gasteiger partial charge in [-0.15, -0.1) is 11.3 Å². The monoisotopic (exact) mass is 400 g/mol. The summed E-state index contributed by atoms with van der Waals surface area (Å²) in [5, 5.41) is 15.8. The number of amides is 1. The molecule has 0 fully saturated rings. The van der Waals surface area contributed by atoms with Crippen molar-refractivity contribution in [3.05, 3.63) is 33.5 Å². The molecule has 3 rings (SSSR count). The Kier molecular flexibility index (Phi) is 5.51. The largest absolute Gasteiger partial charge is 0.315 e. The third kappa shape index (κ3) is 3.69. The number of alkyl halides is 4. The van der Waals surface area contributed by atoms with Gasteiger partial charge in [-0.2, -0.15) is 10.4 Å². The first kappa shape index (κ1) is 19.4. The van der Waals surface area contributed by atoms with Crippen LogP contribution >= 0.6 is 11.3 Å². The Morgan fingerprint density at radius 2 is 2.00 bits per heavy atom. The van der Waals surface area contributed by atoms with Crippen molar-refractivity contribution in [3.8, 4) is 6.07 Å². The summed E-state index contributed by atoms with van der Waals surface area (Å²) in [5.41, 5.74) is -0.254. The van der Waals surface area contributed by atoms with Crippen LogP contribution in [0.3, 0.4) is 0 Å². The number of aryl methyl sites for hydroxylation is 1. The normalized spacial score (nSPS) is 14.9. The second kappa shape index (κ2) is 7.68. The third-order valence-electron chi connectivity index (χ3n) is 4.50. The van der Waals surface area contributed by atoms with Crippen LogP contribution in [-0.2, 0) is 17.6 Å². The van der Waals surface area contributed by atoms with Crippen molar-refractivity contribution < 1.29 is 22.4 Å². The minimum absolute atomic E-state index is 0.362. The molecule has 2 heterocycles. The van der Waals surface area contributed by atoms with Crippen molar-refractivity contribution in [1.29, 1.82) is 5.26 Å². The van der Waals surface area contributed by atoms with Crippen LogP contribution in [-0.4, -0.2) is 15.7 Å². The highest BCUT2D eigenvalue weighted by Crippen LogP contribution is 2.38. The zero-order valence-electron chi connectivity index (χ0n) is 14.3. The summed E-state index contributed by atoms with van der Waals surface area (Å²) in [7, 11) is 0. The predicted octanol–water partition coefficient (Wildman–Crippen LogP) is 4.77. The van der Waals surface area contributed by atoms with Gasteiger partial charge in [-0.1, -0.05) is 0 Å². The number of rotatable bonds is 5. The zero-order chi connectivity index (χ0) is 19.7. The van der Waals surface area contributed by atoms with Gasteiger partial charge >= 0.3 is 0 Å². The minimum Gasteiger partial charge on any atom is -0.315 e. The summed E-state index contributed by atoms with van der Waals surface area (Å²) in [6, 6.07) is 1.45. The number of carbonyl (C=O) groups excluding carboxylic acids is 1. The molecule has 0 aromatic carbocycles. The van der Waals surface area contributed by atoms with E-state index in [0.29, 0.717) is 21.3 Å². The number of thiophene rings is 1. The molecule has 1 atom stereocenters. The van der Waals surface area contributed by atoms with Crippen molar-refractivity contribution in [1.82, 2.24) is 9.78 Å². The highest BCUT2D eigenvalue weighted by Gasteiger charge is 2.28. The van der Waals surface area contributed by atoms with Crippen LogP contribution in [0.4, 0.5) is 22.6 Å². The molecule has 144 valence electrons. The fourth-order valence-corrected chi connectivity index (χ4v) is 4.35. The van der Waals surface area contributed by atoms with Crippen LogP contribution in [0.2, 0.25) is 0 Å². The lowest BCUT2D eigenvalue weighted by molar-refractivity contribution is -0.119. The Labute approximate surface area is 156 Å². The summed E-state index contributed by atoms with van der Waals surface area (Å²) < 4.78 is 52.5. The third-order valence-corrected chi connectivity index (χ3v) is 5.70. The fourth-order valence-electron chi connectivity index (χ4n) is 3.11. The summed E-state index contributed by atoms with van der Waals surface area (Å²) in [6.07, 6.45) is -2.52. The molecule has 0 saturated carbocycles. The number of nitrogens with zero attached hydrogens (tertiary/aromatic N) is 3. The predicted molar refractivity (Wildman–Crippen MR) is 91.2 cm³/mol. The average molecular weight is 400 g/mol. The van der Waals surface area contributed by atoms with E-state index in [2.05, 4.69) is 16.5 Å². The first-order valence-corrected chi connectivity index (χ1v) is 9.16. The Morgan fingerprint density at radius 1 is 1.30 bits per heavy atom. The maximum atomic E-state index is 13.1. The van der Waals surface area contributed by atoms with Crippen molar-refractivity contribution in [3.63, 3.8) is 0 Å². The summed E-state index contributed by atoms with van der Waals surface area (Å²) in [4.78, 5) is 13.6. The van der Waals surface area contributed by atoms with Gasteiger partial charge in [0.2, 0.25) is 5.91 Å². The standard InChI is InChI=1S/C17H16F4N4OS/c1-8(25-12(15(20)21)6-11(24-25)14(18)19)16(26)23-17-10(7-22)9-4-2-3-5-13(9)27-17/h6,8,14-15H,2-5H2,1H3,(H,23,26). The molecule has 0 saturated heterocycles. The van der Waals surface area contributed by atoms with E-state index in [0.717, 1.165) is 36.1 Å². The highest BCUT2D eigenvalue weighted by molar-refractivity contribution is 7.16. The molecule has 5 nitrogen and oxygen atoms in total. The number of aromatic nitrogens is 2. The molecule has 1 aliphatic rings. The Balaban J connectivity index is 1.87. The van der Waals surface area contributed by atoms with Gasteiger partial charge in [-0.25, -0.2) is 17.6 Å². The molecule has 0 radical (unpaired) electrons. The lowest BCUT2D eigenvalue weighted by Crippen LogP contribution is -2.26. The molecule has 27 heavy (non-hydrogen) atoms. The number of anilines is 1. The van der Waals surface area contributed by atoms with Gasteiger partial charge in [0, 0.05) is 4.88 Å². The van der Waals surface area contributed by atoms with Crippen LogP contribution in [0, 0.1) is 11.3 Å². The number of carbonyl (C=O) groups is 1. The summed E-state index contributed by atoms with van der Waals surface area (Å²) in [6.45, 7) is 1.29. The lowest BCUT2D eigenvalue weighted by Gasteiger charge is -2.15. The molecule has 0 spiro atoms. The van der Waals surface area contributed by atoms with Crippen molar-refractivity contribution in [2.75, 3.05) is 5.32 Å². The second-order valence-corrected chi connectivity index (χ2v) is 7.34. The first-order chi connectivity index (χ1) is 12.8. The van der Waals surface area contributed by atoms with E-state index >= 15 is 0 Å². The molecule has 1 aliphatic carbocycles. The molecule has 0 bridgehead atoms. The van der Waals surface area contributed by atoms with E-state index in [1.165, 1.54) is 18.3 Å². The molecule has 1 N–H and O–H groups in total. The number of hydrogen-bond donors (Lipinski definition) is 1. The maximum Gasteiger partial charge on any atom is 0.282 e. The van der Waals surface area contributed by atoms with Gasteiger partial charge < -0.3 is 5.32 Å². The van der Waals surface area contributed by atoms with Crippen LogP contribution in [0.25, 0.3) is 0 Å². The van der Waals surface area contributed by atoms with Gasteiger partial charge in [0.25, 0.3) is 12.9 Å². The minimum atomic E-state index is -3.05. The van der Waals surface area contributed by atoms with Gasteiger partial charge in [-0.05, 0) is 44.2 Å². The number of fused-ring (bicyclic) bond motifs is 1. The van der Waals surface area contributed by atoms with E-state index in [-0.39, 0.29) is 0 Å². The zero-order valence-corrected chi connectivity index (χ0v) is 15.1. The highest BCUT2D eigenvalue weighted by atomic mass is 32.1. The van der Waals surface area contributed by atoms with Crippen LogP contribution in [0.1, 0.15) is 66.1 Å². The molecular formula is C17H16F4N4OS. The maximum absolute atomic E-state index is 13.1. The smallest absolute Gasteiger partial charge is 0.282 e. The number of nitriles is 1. The van der Waals surface area contributed by atoms with E-state index in [1.807, 2.05) is 0 Å². The molecule has 2 aromatic rings. The summed E-state index contributed by atoms with van der Waals surface area (Å²) >= 11 is 1.30. The van der Waals surface area contributed by atoms with Crippen LogP contribution in [0.15, 0.2) is 6.07 Å². The van der Waals surface area contributed by atoms with Crippen molar-refractivity contribution in [2.24, 2.45) is 0 Å². The van der Waals surface area contributed by atoms with Gasteiger partial charge in [0.1, 0.15) is 28.5 Å². The van der Waals surface area contributed by atoms with Gasteiger partial charge in [0.15, 0.2) is 0 Å². The van der Waals surface area contributed by atoms with E-state index in [1.54, 1.807) is 0 Å². The van der Waals surface area contributed by atoms with Crippen molar-refractivity contribution >= 4 is 22.2 Å². The Morgan fingerprint density at radius 3 is 2.63 bits per heavy atom. The SMILES string of the molecule is CC(C(=O)Nc1sc2c(c1C#N)CCCC2)n1nc(C(F)F)cc1C(F)F. The van der Waals surface area contributed by atoms with Gasteiger partial charge in [-0.3, -0.25) is 9.48 Å². The quantitative estimate of drug-likeness (QED) is 0.735. The Hall–Kier alpha value is -2.41. The molecule has 10 heteroatoms. The van der Waals surface area contributed by atoms with E-state index < -0.39 is 36.2 Å². The Bertz CT molecular complexity index is 900. The molecular weight excluding hydrogens is 384 g/mol. The van der Waals surface area contributed by atoms with Crippen LogP contribution in [0.5, 0.6) is 0 Å². The number of nitrogens with one attached hydrogen (secondary N) is 1. The fraction of sp³-hybridized carbons (Fsp3) is 0.471. The number of halogens is 4. The summed E-state index contributed by atoms with van der Waals surface area (Å²) in [5.74, 6) is -0.698. The molecule has 1 amide bonds. The van der Waals surface area contributed by atoms with Gasteiger partial charge in [0.05, 0.1) is 5.56 Å². The molecule has 2 aromatic heterocycles. The van der Waals surface area contributed by atoms with Crippen LogP contribution < -0.4 is 5.32 Å². The average Bonchev–Trinajstić information content (AvgIpc) is 3.22. The molecule has 1 unspecified atom stereocenters.